The number of nitrogens with zero attached hydrogens (tertiary/aromatic N) is 1. The molecule has 1 saturated heterocycles. The van der Waals surface area contributed by atoms with Crippen molar-refractivity contribution in [1.29, 1.82) is 0 Å². The molecule has 1 aliphatic rings. The molecule has 2 aromatic rings. The van der Waals surface area contributed by atoms with E-state index in [4.69, 9.17) is 4.74 Å². The van der Waals surface area contributed by atoms with Crippen LogP contribution in [-0.4, -0.2) is 56.3 Å². The van der Waals surface area contributed by atoms with Gasteiger partial charge in [-0.3, -0.25) is 9.59 Å². The smallest absolute Gasteiger partial charge is 0.253 e. The lowest BCUT2D eigenvalue weighted by Gasteiger charge is -2.31. The second kappa shape index (κ2) is 9.75. The predicted octanol–water partition coefficient (Wildman–Crippen LogP) is 2.03. The maximum absolute atomic E-state index is 12.9. The van der Waals surface area contributed by atoms with E-state index in [1.807, 2.05) is 30.3 Å². The Morgan fingerprint density at radius 3 is 2.43 bits per heavy atom. The maximum atomic E-state index is 12.9. The highest BCUT2D eigenvalue weighted by atomic mass is 32.2. The van der Waals surface area contributed by atoms with E-state index in [-0.39, 0.29) is 5.91 Å². The Balaban J connectivity index is 1.58. The first-order chi connectivity index (χ1) is 14.4. The first-order valence-corrected chi connectivity index (χ1v) is 11.6. The van der Waals surface area contributed by atoms with Crippen LogP contribution in [0.5, 0.6) is 5.75 Å². The summed E-state index contributed by atoms with van der Waals surface area (Å²) in [5.41, 5.74) is 1.54. The van der Waals surface area contributed by atoms with E-state index in [0.29, 0.717) is 43.9 Å². The van der Waals surface area contributed by atoms with Crippen LogP contribution in [0.1, 0.15) is 28.8 Å². The molecule has 0 saturated carbocycles. The molecule has 0 aliphatic carbocycles. The van der Waals surface area contributed by atoms with E-state index >= 15 is 0 Å². The van der Waals surface area contributed by atoms with Crippen molar-refractivity contribution in [2.24, 2.45) is 0 Å². The first-order valence-electron chi connectivity index (χ1n) is 9.87. The minimum Gasteiger partial charge on any atom is -0.489 e. The van der Waals surface area contributed by atoms with E-state index in [1.165, 1.54) is 7.05 Å². The fourth-order valence-electron chi connectivity index (χ4n) is 3.43. The number of piperidine rings is 1. The van der Waals surface area contributed by atoms with Gasteiger partial charge >= 0.3 is 0 Å². The molecule has 160 valence electrons. The molecule has 1 heterocycles. The summed E-state index contributed by atoms with van der Waals surface area (Å²) in [6, 6.07) is 16.8. The van der Waals surface area contributed by atoms with Gasteiger partial charge in [-0.15, -0.1) is 0 Å². The zero-order valence-corrected chi connectivity index (χ0v) is 17.7. The molecular formula is C22H26N2O5S. The van der Waals surface area contributed by atoms with Gasteiger partial charge in [0.15, 0.2) is 9.84 Å². The van der Waals surface area contributed by atoms with Gasteiger partial charge in [0.1, 0.15) is 18.1 Å². The quantitative estimate of drug-likeness (QED) is 0.726. The van der Waals surface area contributed by atoms with E-state index in [1.54, 1.807) is 29.2 Å². The Bertz CT molecular complexity index is 984. The second-order valence-electron chi connectivity index (χ2n) is 7.27. The zero-order chi connectivity index (χ0) is 21.6. The number of sulfone groups is 1. The third-order valence-electron chi connectivity index (χ3n) is 5.18. The van der Waals surface area contributed by atoms with Crippen LogP contribution in [0.15, 0.2) is 54.6 Å². The molecule has 0 unspecified atom stereocenters. The number of benzene rings is 2. The minimum atomic E-state index is -3.52. The lowest BCUT2D eigenvalue weighted by molar-refractivity contribution is -0.118. The van der Waals surface area contributed by atoms with Crippen LogP contribution in [0.4, 0.5) is 0 Å². The number of hydrogen-bond donors (Lipinski definition) is 1. The lowest BCUT2D eigenvalue weighted by atomic mass is 10.1. The number of carbonyl (C=O) groups excluding carboxylic acids is 2. The Morgan fingerprint density at radius 1 is 1.07 bits per heavy atom. The largest absolute Gasteiger partial charge is 0.489 e. The third-order valence-corrected chi connectivity index (χ3v) is 7.33. The highest BCUT2D eigenvalue weighted by Gasteiger charge is 2.33. The Kier molecular flexibility index (Phi) is 7.10. The van der Waals surface area contributed by atoms with Gasteiger partial charge in [-0.2, -0.15) is 0 Å². The van der Waals surface area contributed by atoms with Crippen molar-refractivity contribution >= 4 is 21.7 Å². The van der Waals surface area contributed by atoms with E-state index in [9.17, 15) is 18.0 Å². The summed E-state index contributed by atoms with van der Waals surface area (Å²) in [7, 11) is -2.11. The van der Waals surface area contributed by atoms with Crippen LogP contribution < -0.4 is 10.1 Å². The molecule has 2 aromatic carbocycles. The number of carbonyl (C=O) groups is 2. The van der Waals surface area contributed by atoms with Crippen molar-refractivity contribution in [3.05, 3.63) is 65.7 Å². The van der Waals surface area contributed by atoms with Crippen LogP contribution in [-0.2, 0) is 21.2 Å². The van der Waals surface area contributed by atoms with Crippen molar-refractivity contribution < 1.29 is 22.7 Å². The van der Waals surface area contributed by atoms with Crippen molar-refractivity contribution in [2.45, 2.75) is 24.7 Å². The minimum absolute atomic E-state index is 0.151. The van der Waals surface area contributed by atoms with E-state index < -0.39 is 26.7 Å². The predicted molar refractivity (Wildman–Crippen MR) is 114 cm³/mol. The number of likely N-dealkylation sites (tertiary alicyclic amines) is 1. The Morgan fingerprint density at radius 2 is 1.77 bits per heavy atom. The molecule has 0 radical (unpaired) electrons. The lowest BCUT2D eigenvalue weighted by Crippen LogP contribution is -2.44. The average Bonchev–Trinajstić information content (AvgIpc) is 2.78. The highest BCUT2D eigenvalue weighted by Crippen LogP contribution is 2.22. The van der Waals surface area contributed by atoms with Crippen LogP contribution in [0.25, 0.3) is 0 Å². The molecule has 8 heteroatoms. The normalized spacial score (nSPS) is 14.9. The third kappa shape index (κ3) is 5.60. The molecule has 0 bridgehead atoms. The highest BCUT2D eigenvalue weighted by molar-refractivity contribution is 7.92. The van der Waals surface area contributed by atoms with Crippen molar-refractivity contribution in [2.75, 3.05) is 25.9 Å². The van der Waals surface area contributed by atoms with Crippen molar-refractivity contribution in [1.82, 2.24) is 10.2 Å². The van der Waals surface area contributed by atoms with Crippen LogP contribution in [0, 0.1) is 0 Å². The Labute approximate surface area is 177 Å². The molecule has 7 nitrogen and oxygen atoms in total. The van der Waals surface area contributed by atoms with E-state index in [2.05, 4.69) is 5.32 Å². The summed E-state index contributed by atoms with van der Waals surface area (Å²) < 4.78 is 30.5. The van der Waals surface area contributed by atoms with Gasteiger partial charge in [-0.25, -0.2) is 8.42 Å². The van der Waals surface area contributed by atoms with Gasteiger partial charge in [0.25, 0.3) is 5.91 Å². The van der Waals surface area contributed by atoms with Crippen LogP contribution in [0.2, 0.25) is 0 Å². The molecule has 1 N–H and O–H groups in total. The monoisotopic (exact) mass is 430 g/mol. The van der Waals surface area contributed by atoms with Crippen molar-refractivity contribution in [3.8, 4) is 5.75 Å². The molecule has 1 aliphatic heterocycles. The van der Waals surface area contributed by atoms with Gasteiger partial charge in [0, 0.05) is 25.7 Å². The van der Waals surface area contributed by atoms with Gasteiger partial charge in [0.2, 0.25) is 5.91 Å². The number of amides is 2. The SMILES string of the molecule is CNC(=O)CS(=O)(=O)C1CCN(C(=O)c2cccc(OCc3ccccc3)c2)CC1. The number of ether oxygens (including phenoxy) is 1. The summed E-state index contributed by atoms with van der Waals surface area (Å²) >= 11 is 0. The first kappa shape index (κ1) is 21.8. The number of rotatable bonds is 7. The van der Waals surface area contributed by atoms with Crippen LogP contribution >= 0.6 is 0 Å². The van der Waals surface area contributed by atoms with Crippen LogP contribution in [0.3, 0.4) is 0 Å². The molecule has 1 fully saturated rings. The van der Waals surface area contributed by atoms with Gasteiger partial charge in [0.05, 0.1) is 5.25 Å². The summed E-state index contributed by atoms with van der Waals surface area (Å²) in [5, 5.41) is 1.74. The fraction of sp³-hybridized carbons (Fsp3) is 0.364. The summed E-state index contributed by atoms with van der Waals surface area (Å²) in [4.78, 5) is 26.0. The standard InChI is InChI=1S/C22H26N2O5S/c1-23-21(25)16-30(27,28)20-10-12-24(13-11-20)22(26)18-8-5-9-19(14-18)29-15-17-6-3-2-4-7-17/h2-9,14,20H,10-13,15-16H2,1H3,(H,23,25). The fourth-order valence-corrected chi connectivity index (χ4v) is 5.11. The maximum Gasteiger partial charge on any atom is 0.253 e. The molecule has 0 aromatic heterocycles. The Hall–Kier alpha value is -2.87. The molecule has 2 amide bonds. The summed E-state index contributed by atoms with van der Waals surface area (Å²) in [6.07, 6.45) is 0.657. The summed E-state index contributed by atoms with van der Waals surface area (Å²) in [5.74, 6) is -0.570. The zero-order valence-electron chi connectivity index (χ0n) is 16.9. The average molecular weight is 431 g/mol. The van der Waals surface area contributed by atoms with Gasteiger partial charge < -0.3 is 15.0 Å². The van der Waals surface area contributed by atoms with E-state index in [0.717, 1.165) is 5.56 Å². The summed E-state index contributed by atoms with van der Waals surface area (Å²) in [6.45, 7) is 1.09. The van der Waals surface area contributed by atoms with Gasteiger partial charge in [-0.05, 0) is 36.6 Å². The molecule has 0 spiro atoms. The topological polar surface area (TPSA) is 92.8 Å². The second-order valence-corrected chi connectivity index (χ2v) is 9.56. The molecule has 0 atom stereocenters. The molecular weight excluding hydrogens is 404 g/mol. The molecule has 30 heavy (non-hydrogen) atoms. The number of hydrogen-bond acceptors (Lipinski definition) is 5. The molecule has 3 rings (SSSR count). The van der Waals surface area contributed by atoms with Crippen molar-refractivity contribution in [3.63, 3.8) is 0 Å². The van der Waals surface area contributed by atoms with Gasteiger partial charge in [-0.1, -0.05) is 36.4 Å². The number of nitrogens with one attached hydrogen (secondary N) is 1.